The van der Waals surface area contributed by atoms with Crippen LogP contribution >= 0.6 is 15.2 Å². The zero-order chi connectivity index (χ0) is 24.6. The number of hydrogen-bond acceptors (Lipinski definition) is 8. The summed E-state index contributed by atoms with van der Waals surface area (Å²) in [7, 11) is -10.3. The van der Waals surface area contributed by atoms with E-state index < -0.39 is 39.0 Å². The molecule has 2 fully saturated rings. The van der Waals surface area contributed by atoms with Crippen LogP contribution in [0.1, 0.15) is 55.1 Å². The minimum Gasteiger partial charge on any atom is -0.426 e. The molecular weight excluding hydrogens is 484 g/mol. The van der Waals surface area contributed by atoms with E-state index in [4.69, 9.17) is 13.8 Å². The van der Waals surface area contributed by atoms with Crippen molar-refractivity contribution in [3.8, 4) is 5.75 Å². The predicted molar refractivity (Wildman–Crippen MR) is 121 cm³/mol. The minimum atomic E-state index is -5.16. The van der Waals surface area contributed by atoms with Crippen molar-refractivity contribution < 1.29 is 42.6 Å². The molecule has 1 saturated carbocycles. The number of rotatable bonds is 6. The maximum atomic E-state index is 13.1. The van der Waals surface area contributed by atoms with Gasteiger partial charge in [-0.3, -0.25) is 28.0 Å². The number of nitrogens with zero attached hydrogens (tertiary/aromatic N) is 1. The van der Waals surface area contributed by atoms with Crippen LogP contribution in [0.25, 0.3) is 0 Å². The summed E-state index contributed by atoms with van der Waals surface area (Å²) < 4.78 is 42.0. The Hall–Kier alpha value is -1.90. The Balaban J connectivity index is 1.61. The van der Waals surface area contributed by atoms with Crippen LogP contribution in [0, 0.1) is 12.8 Å². The second kappa shape index (κ2) is 9.63. The van der Waals surface area contributed by atoms with E-state index in [0.29, 0.717) is 5.56 Å². The first-order valence-electron chi connectivity index (χ1n) is 11.0. The van der Waals surface area contributed by atoms with E-state index in [1.807, 2.05) is 0 Å². The summed E-state index contributed by atoms with van der Waals surface area (Å²) >= 11 is 0. The molecular formula is C22H27NO9P2. The molecule has 2 unspecified atom stereocenters. The normalized spacial score (nSPS) is 31.9. The highest BCUT2D eigenvalue weighted by Gasteiger charge is 2.67. The summed E-state index contributed by atoms with van der Waals surface area (Å²) in [6, 6.07) is 7.56. The van der Waals surface area contributed by atoms with Crippen molar-refractivity contribution in [2.75, 3.05) is 0 Å². The van der Waals surface area contributed by atoms with Gasteiger partial charge in [0.05, 0.1) is 5.56 Å². The van der Waals surface area contributed by atoms with Gasteiger partial charge in [-0.25, -0.2) is 0 Å². The number of pyridine rings is 1. The van der Waals surface area contributed by atoms with E-state index in [9.17, 15) is 28.8 Å². The largest absolute Gasteiger partial charge is 0.426 e. The highest BCUT2D eigenvalue weighted by molar-refractivity contribution is 7.73. The van der Waals surface area contributed by atoms with Crippen molar-refractivity contribution in [1.29, 1.82) is 0 Å². The number of benzene rings is 1. The Kier molecular flexibility index (Phi) is 7.14. The van der Waals surface area contributed by atoms with Crippen LogP contribution in [0.2, 0.25) is 0 Å². The highest BCUT2D eigenvalue weighted by atomic mass is 31.2. The molecule has 1 aromatic heterocycles. The Labute approximate surface area is 197 Å². The molecule has 1 aliphatic heterocycles. The quantitative estimate of drug-likeness (QED) is 0.292. The molecule has 3 N–H and O–H groups in total. The molecule has 34 heavy (non-hydrogen) atoms. The number of ether oxygens (including phenoxy) is 1. The fraction of sp³-hybridized carbons (Fsp3) is 0.455. The highest BCUT2D eigenvalue weighted by Crippen LogP contribution is 2.79. The van der Waals surface area contributed by atoms with Gasteiger partial charge in [0, 0.05) is 25.2 Å². The smallest absolute Gasteiger partial charge is 0.374 e. The van der Waals surface area contributed by atoms with Gasteiger partial charge in [0.2, 0.25) is 6.29 Å². The summed E-state index contributed by atoms with van der Waals surface area (Å²) in [5.41, 5.74) is 0.887. The summed E-state index contributed by atoms with van der Waals surface area (Å²) in [5.74, 6) is -0.266. The lowest BCUT2D eigenvalue weighted by Crippen LogP contribution is -2.38. The van der Waals surface area contributed by atoms with Gasteiger partial charge in [0.1, 0.15) is 5.75 Å². The number of hydrogen-bond donors (Lipinski definition) is 3. The fourth-order valence-corrected chi connectivity index (χ4v) is 7.82. The molecule has 4 rings (SSSR count). The average molecular weight is 511 g/mol. The van der Waals surface area contributed by atoms with Gasteiger partial charge < -0.3 is 19.6 Å². The van der Waals surface area contributed by atoms with E-state index >= 15 is 0 Å². The Morgan fingerprint density at radius 2 is 1.85 bits per heavy atom. The van der Waals surface area contributed by atoms with E-state index in [2.05, 4.69) is 4.98 Å². The Morgan fingerprint density at radius 1 is 1.18 bits per heavy atom. The second-order valence-electron chi connectivity index (χ2n) is 8.77. The van der Waals surface area contributed by atoms with Gasteiger partial charge in [-0.05, 0) is 49.4 Å². The van der Waals surface area contributed by atoms with Crippen molar-refractivity contribution in [2.45, 2.75) is 56.8 Å². The Morgan fingerprint density at radius 3 is 2.47 bits per heavy atom. The van der Waals surface area contributed by atoms with E-state index in [0.717, 1.165) is 25.7 Å². The number of carbonyl (C=O) groups is 1. The number of aryl methyl sites for hydroxylation is 1. The van der Waals surface area contributed by atoms with Gasteiger partial charge in [-0.1, -0.05) is 30.5 Å². The molecule has 2 heterocycles. The lowest BCUT2D eigenvalue weighted by atomic mass is 10.0. The van der Waals surface area contributed by atoms with E-state index in [1.54, 1.807) is 13.0 Å². The molecule has 0 radical (unpaired) electrons. The van der Waals surface area contributed by atoms with Crippen molar-refractivity contribution in [3.05, 3.63) is 59.4 Å². The minimum absolute atomic E-state index is 0.00764. The lowest BCUT2D eigenvalue weighted by Gasteiger charge is -2.41. The van der Waals surface area contributed by atoms with Crippen LogP contribution in [0.5, 0.6) is 5.75 Å². The zero-order valence-electron chi connectivity index (χ0n) is 18.6. The maximum Gasteiger partial charge on any atom is 0.374 e. The Bertz CT molecular complexity index is 1120. The predicted octanol–water partition coefficient (Wildman–Crippen LogP) is 4.18. The molecule has 0 spiro atoms. The van der Waals surface area contributed by atoms with E-state index in [1.165, 1.54) is 36.7 Å². The number of carbonyl (C=O) groups excluding carboxylic acids is 1. The molecule has 0 bridgehead atoms. The van der Waals surface area contributed by atoms with Gasteiger partial charge in [0.15, 0.2) is 0 Å². The van der Waals surface area contributed by atoms with Crippen molar-refractivity contribution in [2.24, 2.45) is 5.92 Å². The van der Waals surface area contributed by atoms with Crippen LogP contribution < -0.4 is 4.74 Å². The summed E-state index contributed by atoms with van der Waals surface area (Å²) in [6.45, 7) is 1.71. The third-order valence-electron chi connectivity index (χ3n) is 6.12. The lowest BCUT2D eigenvalue weighted by molar-refractivity contribution is -0.135. The first-order chi connectivity index (χ1) is 16.0. The average Bonchev–Trinajstić information content (AvgIpc) is 3.26. The maximum absolute atomic E-state index is 13.1. The number of esters is 1. The number of aromatic nitrogens is 1. The summed E-state index contributed by atoms with van der Waals surface area (Å²) in [6.07, 6.45) is 4.45. The summed E-state index contributed by atoms with van der Waals surface area (Å²) in [5, 5.41) is 7.78. The first kappa shape index (κ1) is 25.2. The van der Waals surface area contributed by atoms with Crippen molar-refractivity contribution >= 4 is 21.2 Å². The standard InChI is InChI=1S/C22H27NO9P2/c1-15-8-9-19(30-20(24)12-16-5-2-3-6-16)18(11-15)21-31-33(26,27)22(25,34(28,29)32-21)13-17-7-4-10-23-14-17/h4,7-11,14,16,21,25H,2-3,5-6,12-13H2,1H3,(H,26,27)(H,28,29). The molecule has 12 heteroatoms. The molecule has 0 amide bonds. The zero-order valence-corrected chi connectivity index (χ0v) is 20.4. The SMILES string of the molecule is Cc1ccc(OC(=O)CC2CCCC2)c(C2OP(=O)(O)C(O)(Cc3cccnc3)P(=O)(O)O2)c1. The third-order valence-corrected chi connectivity index (χ3v) is 10.7. The van der Waals surface area contributed by atoms with Crippen LogP contribution in [-0.2, 0) is 29.4 Å². The molecule has 184 valence electrons. The molecule has 1 saturated heterocycles. The van der Waals surface area contributed by atoms with Crippen LogP contribution in [-0.4, -0.2) is 30.9 Å². The molecule has 2 aromatic rings. The van der Waals surface area contributed by atoms with Crippen molar-refractivity contribution in [3.63, 3.8) is 0 Å². The molecule has 2 atom stereocenters. The first-order valence-corrected chi connectivity index (χ1v) is 14.1. The third kappa shape index (κ3) is 5.04. The van der Waals surface area contributed by atoms with Crippen LogP contribution in [0.3, 0.4) is 0 Å². The van der Waals surface area contributed by atoms with E-state index in [-0.39, 0.29) is 29.2 Å². The van der Waals surface area contributed by atoms with Crippen molar-refractivity contribution in [1.82, 2.24) is 4.98 Å². The number of aliphatic hydroxyl groups is 1. The van der Waals surface area contributed by atoms with Crippen LogP contribution in [0.15, 0.2) is 42.7 Å². The summed E-state index contributed by atoms with van der Waals surface area (Å²) in [4.78, 5) is 37.5. The molecule has 10 nitrogen and oxygen atoms in total. The second-order valence-corrected chi connectivity index (χ2v) is 13.1. The molecule has 1 aromatic carbocycles. The molecule has 2 aliphatic rings. The van der Waals surface area contributed by atoms with Gasteiger partial charge in [0.25, 0.3) is 5.08 Å². The van der Waals surface area contributed by atoms with Gasteiger partial charge in [-0.15, -0.1) is 0 Å². The van der Waals surface area contributed by atoms with Crippen LogP contribution in [0.4, 0.5) is 0 Å². The van der Waals surface area contributed by atoms with Gasteiger partial charge >= 0.3 is 21.2 Å². The fourth-order valence-electron chi connectivity index (χ4n) is 4.26. The topological polar surface area (TPSA) is 152 Å². The van der Waals surface area contributed by atoms with Gasteiger partial charge in [-0.2, -0.15) is 0 Å². The monoisotopic (exact) mass is 511 g/mol. The molecule has 1 aliphatic carbocycles.